The summed E-state index contributed by atoms with van der Waals surface area (Å²) in [6.45, 7) is 9.49. The molecule has 0 radical (unpaired) electrons. The van der Waals surface area contributed by atoms with E-state index in [4.69, 9.17) is 19.9 Å². The van der Waals surface area contributed by atoms with Crippen LogP contribution in [0, 0.1) is 0 Å². The molecule has 296 valence electrons. The number of morpholine rings is 1. The highest BCUT2D eigenvalue weighted by atomic mass is 127. The number of carbonyl (C=O) groups is 2. The number of aromatic nitrogens is 1. The molecule has 3 heterocycles. The fraction of sp³-hybridized carbons (Fsp3) is 0.488. The molecule has 14 heteroatoms. The average Bonchev–Trinajstić information content (AvgIpc) is 3.20. The van der Waals surface area contributed by atoms with Gasteiger partial charge >= 0.3 is 4.77 Å². The first kappa shape index (κ1) is 42.6. The molecule has 4 N–H and O–H groups in total. The maximum absolute atomic E-state index is 12.8. The van der Waals surface area contributed by atoms with Gasteiger partial charge in [0.05, 0.1) is 37.5 Å². The molecule has 12 nitrogen and oxygen atoms in total. The lowest BCUT2D eigenvalue weighted by Crippen LogP contribution is -2.57. The van der Waals surface area contributed by atoms with Crippen LogP contribution >= 0.6 is 22.4 Å². The lowest BCUT2D eigenvalue weighted by atomic mass is 9.72. The summed E-state index contributed by atoms with van der Waals surface area (Å²) in [4.78, 5) is 35.1. The normalized spacial score (nSPS) is 16.3. The minimum absolute atomic E-state index is 0.00586. The van der Waals surface area contributed by atoms with Crippen LogP contribution in [0.3, 0.4) is 0 Å². The molecular formula is C41H56BIN6O6. The SMILES string of the molecule is C/C=C\c1c(C(CN)B(I)OCCN(C)C(=O)CCOCCc2cccc(CCN3CCC4(CC3)CN(c3ccccn3)CCO4)c2)ccc(O)c1NC=O. The van der Waals surface area contributed by atoms with Gasteiger partial charge in [0.25, 0.3) is 0 Å². The van der Waals surface area contributed by atoms with Gasteiger partial charge in [-0.05, 0) is 74.0 Å². The zero-order chi connectivity index (χ0) is 39.0. The van der Waals surface area contributed by atoms with Crippen LogP contribution in [0.2, 0.25) is 0 Å². The first-order valence-electron chi connectivity index (χ1n) is 19.3. The number of likely N-dealkylation sites (tertiary alicyclic amines) is 1. The summed E-state index contributed by atoms with van der Waals surface area (Å²) >= 11 is 2.21. The molecule has 2 aromatic carbocycles. The Bertz CT molecular complexity index is 1690. The van der Waals surface area contributed by atoms with E-state index in [1.54, 1.807) is 24.1 Å². The van der Waals surface area contributed by atoms with Gasteiger partial charge in [-0.1, -0.05) is 48.6 Å². The Morgan fingerprint density at radius 2 is 1.93 bits per heavy atom. The number of nitrogens with two attached hydrogens (primary N) is 1. The Hall–Kier alpha value is -3.54. The van der Waals surface area contributed by atoms with Crippen molar-refractivity contribution >= 4 is 57.0 Å². The van der Waals surface area contributed by atoms with Crippen molar-refractivity contribution in [2.24, 2.45) is 5.73 Å². The number of phenolic OH excluding ortho intramolecular Hbond substituents is 1. The Balaban J connectivity index is 0.967. The maximum Gasteiger partial charge on any atom is 0.374 e. The first-order valence-corrected chi connectivity index (χ1v) is 20.6. The summed E-state index contributed by atoms with van der Waals surface area (Å²) in [6.07, 6.45) is 10.2. The van der Waals surface area contributed by atoms with E-state index in [0.29, 0.717) is 57.0 Å². The molecule has 0 bridgehead atoms. The minimum atomic E-state index is -0.301. The van der Waals surface area contributed by atoms with Crippen molar-refractivity contribution < 1.29 is 28.8 Å². The third-order valence-electron chi connectivity index (χ3n) is 10.6. The number of benzene rings is 2. The number of amides is 2. The minimum Gasteiger partial charge on any atom is -0.506 e. The van der Waals surface area contributed by atoms with Crippen LogP contribution in [0.15, 0.2) is 66.9 Å². The number of allylic oxidation sites excluding steroid dienone is 1. The largest absolute Gasteiger partial charge is 0.506 e. The number of piperidine rings is 1. The van der Waals surface area contributed by atoms with E-state index in [1.807, 2.05) is 31.3 Å². The highest BCUT2D eigenvalue weighted by Gasteiger charge is 2.40. The molecule has 1 unspecified atom stereocenters. The number of hydrogen-bond acceptors (Lipinski definition) is 10. The van der Waals surface area contributed by atoms with Crippen molar-refractivity contribution in [1.29, 1.82) is 0 Å². The number of hydrogen-bond donors (Lipinski definition) is 3. The van der Waals surface area contributed by atoms with E-state index >= 15 is 0 Å². The number of nitrogens with one attached hydrogen (secondary N) is 1. The van der Waals surface area contributed by atoms with Gasteiger partial charge in [0.2, 0.25) is 12.3 Å². The molecule has 1 atom stereocenters. The number of carbonyl (C=O) groups excluding carboxylic acids is 2. The van der Waals surface area contributed by atoms with E-state index in [1.165, 1.54) is 11.1 Å². The lowest BCUT2D eigenvalue weighted by Gasteiger charge is -2.47. The van der Waals surface area contributed by atoms with Crippen molar-refractivity contribution in [3.05, 3.63) is 89.1 Å². The van der Waals surface area contributed by atoms with Gasteiger partial charge in [0.1, 0.15) is 11.6 Å². The fourth-order valence-corrected chi connectivity index (χ4v) is 8.30. The smallest absolute Gasteiger partial charge is 0.374 e. The van der Waals surface area contributed by atoms with Crippen molar-refractivity contribution in [3.63, 3.8) is 0 Å². The van der Waals surface area contributed by atoms with E-state index in [2.05, 4.69) is 78.9 Å². The van der Waals surface area contributed by atoms with Gasteiger partial charge in [-0.25, -0.2) is 4.98 Å². The van der Waals surface area contributed by atoms with Gasteiger partial charge < -0.3 is 45.0 Å². The van der Waals surface area contributed by atoms with Crippen molar-refractivity contribution in [2.45, 2.75) is 50.4 Å². The molecule has 2 saturated heterocycles. The summed E-state index contributed by atoms with van der Waals surface area (Å²) < 4.78 is 18.1. The number of phenols is 1. The third-order valence-corrected chi connectivity index (χ3v) is 11.8. The standard InChI is InChI=1S/C41H56BIN6O6/c1-3-7-35-34(11-12-37(51)40(35)46-31-50)36(29-44)42(43)55-27-22-47(2)39(52)15-25-53-24-14-33-9-6-8-32(28-33)13-19-48-20-16-41(17-21-48)30-49(23-26-54-41)38-10-4-5-18-45-38/h3-12,18,28,31,36,51H,13-17,19-27,29-30,44H2,1-2H3,(H,46,50)/b7-3-. The Morgan fingerprint density at radius 1 is 1.13 bits per heavy atom. The van der Waals surface area contributed by atoms with Crippen LogP contribution in [0.25, 0.3) is 6.08 Å². The third kappa shape index (κ3) is 12.2. The predicted molar refractivity (Wildman–Crippen MR) is 228 cm³/mol. The summed E-state index contributed by atoms with van der Waals surface area (Å²) in [5.74, 6) is 0.800. The van der Waals surface area contributed by atoms with Gasteiger partial charge in [0.15, 0.2) is 0 Å². The first-order chi connectivity index (χ1) is 26.8. The van der Waals surface area contributed by atoms with Crippen LogP contribution < -0.4 is 16.0 Å². The van der Waals surface area contributed by atoms with Crippen LogP contribution in [0.5, 0.6) is 5.75 Å². The van der Waals surface area contributed by atoms with Crippen LogP contribution in [0.4, 0.5) is 11.5 Å². The van der Waals surface area contributed by atoms with Gasteiger partial charge in [-0.15, -0.1) is 22.4 Å². The molecule has 2 aliphatic heterocycles. The van der Waals surface area contributed by atoms with Crippen molar-refractivity contribution in [3.8, 4) is 5.75 Å². The molecule has 0 saturated carbocycles. The van der Waals surface area contributed by atoms with Crippen LogP contribution in [-0.4, -0.2) is 122 Å². The number of aromatic hydroxyl groups is 1. The zero-order valence-electron chi connectivity index (χ0n) is 32.2. The van der Waals surface area contributed by atoms with Crippen molar-refractivity contribution in [2.75, 3.05) is 89.5 Å². The monoisotopic (exact) mass is 866 g/mol. The second-order valence-corrected chi connectivity index (χ2v) is 15.5. The van der Waals surface area contributed by atoms with E-state index in [0.717, 1.165) is 76.4 Å². The van der Waals surface area contributed by atoms with E-state index in [-0.39, 0.29) is 27.8 Å². The lowest BCUT2D eigenvalue weighted by molar-refractivity contribution is -0.131. The second-order valence-electron chi connectivity index (χ2n) is 14.3. The molecule has 55 heavy (non-hydrogen) atoms. The fourth-order valence-electron chi connectivity index (χ4n) is 7.36. The predicted octanol–water partition coefficient (Wildman–Crippen LogP) is 4.93. The number of pyridine rings is 1. The van der Waals surface area contributed by atoms with Gasteiger partial charge in [-0.2, -0.15) is 0 Å². The maximum atomic E-state index is 12.8. The Kier molecular flexibility index (Phi) is 16.8. The zero-order valence-corrected chi connectivity index (χ0v) is 34.4. The van der Waals surface area contributed by atoms with Gasteiger partial charge in [-0.3, -0.25) is 9.59 Å². The number of nitrogens with zero attached hydrogens (tertiary/aromatic N) is 4. The molecule has 2 fully saturated rings. The summed E-state index contributed by atoms with van der Waals surface area (Å²) in [6, 6.07) is 18.2. The molecule has 2 aliphatic rings. The number of ether oxygens (including phenoxy) is 2. The highest BCUT2D eigenvalue weighted by molar-refractivity contribution is 14.1. The van der Waals surface area contributed by atoms with Crippen LogP contribution in [-0.2, 0) is 36.6 Å². The molecule has 2 amide bonds. The second kappa shape index (κ2) is 21.7. The van der Waals surface area contributed by atoms with Crippen LogP contribution in [0.1, 0.15) is 54.3 Å². The molecule has 3 aromatic rings. The van der Waals surface area contributed by atoms with E-state index < -0.39 is 0 Å². The van der Waals surface area contributed by atoms with Crippen molar-refractivity contribution in [1.82, 2.24) is 14.8 Å². The number of halogens is 1. The summed E-state index contributed by atoms with van der Waals surface area (Å²) in [5.41, 5.74) is 10.5. The number of rotatable bonds is 20. The molecule has 0 aliphatic carbocycles. The Morgan fingerprint density at radius 3 is 2.65 bits per heavy atom. The quantitative estimate of drug-likeness (QED) is 0.0471. The average molecular weight is 867 g/mol. The topological polar surface area (TPSA) is 143 Å². The van der Waals surface area contributed by atoms with E-state index in [9.17, 15) is 14.7 Å². The molecule has 5 rings (SSSR count). The Labute approximate surface area is 339 Å². The highest BCUT2D eigenvalue weighted by Crippen LogP contribution is 2.37. The molecule has 1 spiro atoms. The molecule has 1 aromatic heterocycles. The van der Waals surface area contributed by atoms with Gasteiger partial charge in [0, 0.05) is 70.5 Å². The number of likely N-dealkylation sites (N-methyl/N-ethyl adjacent to an activating group) is 1. The summed E-state index contributed by atoms with van der Waals surface area (Å²) in [7, 11) is 1.77. The number of anilines is 2. The molecular weight excluding hydrogens is 810 g/mol. The summed E-state index contributed by atoms with van der Waals surface area (Å²) in [5, 5.41) is 12.9.